The Balaban J connectivity index is 5.07. The smallest absolute Gasteiger partial charge is 0.462 e. The fraction of sp³-hybridized carbons (Fsp3) is 0.944. The third-order valence-electron chi connectivity index (χ3n) is 16.6. The molecule has 534 valence electrons. The molecule has 0 rings (SSSR count). The van der Waals surface area contributed by atoms with E-state index in [4.69, 9.17) is 37.0 Å². The zero-order valence-electron chi connectivity index (χ0n) is 58.1. The summed E-state index contributed by atoms with van der Waals surface area (Å²) in [6.45, 7) is 4.81. The normalized spacial score (nSPS) is 14.0. The summed E-state index contributed by atoms with van der Waals surface area (Å²) < 4.78 is 67.9. The minimum absolute atomic E-state index is 0.103. The molecule has 90 heavy (non-hydrogen) atoms. The van der Waals surface area contributed by atoms with Crippen molar-refractivity contribution < 1.29 is 80.2 Å². The third-order valence-corrected chi connectivity index (χ3v) is 18.5. The second-order valence-electron chi connectivity index (χ2n) is 25.6. The molecule has 0 aliphatic carbocycles. The first-order valence-electron chi connectivity index (χ1n) is 37.3. The van der Waals surface area contributed by atoms with Crippen LogP contribution in [0.2, 0.25) is 0 Å². The van der Waals surface area contributed by atoms with E-state index >= 15 is 0 Å². The average Bonchev–Trinajstić information content (AvgIpc) is 3.56. The number of carbonyl (C=O) groups is 4. The van der Waals surface area contributed by atoms with E-state index in [0.29, 0.717) is 25.7 Å². The number of aliphatic hydroxyl groups is 1. The van der Waals surface area contributed by atoms with Crippen molar-refractivity contribution in [2.24, 2.45) is 0 Å². The van der Waals surface area contributed by atoms with Crippen LogP contribution in [0.4, 0.5) is 0 Å². The molecule has 3 N–H and O–H groups in total. The molecule has 0 amide bonds. The van der Waals surface area contributed by atoms with Gasteiger partial charge in [0.15, 0.2) is 12.2 Å². The Kier molecular flexibility index (Phi) is 64.3. The summed E-state index contributed by atoms with van der Waals surface area (Å²) in [7, 11) is -9.88. The van der Waals surface area contributed by atoms with Crippen LogP contribution in [0, 0.1) is 0 Å². The quantitative estimate of drug-likeness (QED) is 0.0222. The molecule has 0 aromatic carbocycles. The van der Waals surface area contributed by atoms with Gasteiger partial charge in [0.2, 0.25) is 0 Å². The SMILES string of the molecule is CCCCCCCCCCCCCCCCCCCCCCCC(=O)O[C@H](COC(=O)CCCCCCCCCCCCCCCCCCC)COP(=O)(O)OC[C@@H](O)COP(=O)(O)OC[C@@H](COC(=O)CCCCCCC)OC(=O)CCCCCCCCC. The Morgan fingerprint density at radius 1 is 0.267 bits per heavy atom. The van der Waals surface area contributed by atoms with Crippen LogP contribution in [0.3, 0.4) is 0 Å². The fourth-order valence-corrected chi connectivity index (χ4v) is 12.4. The van der Waals surface area contributed by atoms with E-state index in [0.717, 1.165) is 109 Å². The Labute approximate surface area is 549 Å². The number of ether oxygens (including phenoxy) is 4. The first-order valence-corrected chi connectivity index (χ1v) is 40.3. The molecule has 0 saturated carbocycles. The molecule has 0 bridgehead atoms. The largest absolute Gasteiger partial charge is 0.472 e. The van der Waals surface area contributed by atoms with E-state index in [1.807, 2.05) is 0 Å². The molecule has 0 aromatic heterocycles. The Morgan fingerprint density at radius 2 is 0.444 bits per heavy atom. The van der Waals surface area contributed by atoms with Crippen molar-refractivity contribution in [1.82, 2.24) is 0 Å². The highest BCUT2D eigenvalue weighted by molar-refractivity contribution is 7.47. The highest BCUT2D eigenvalue weighted by Gasteiger charge is 2.30. The Hall–Kier alpha value is -1.94. The van der Waals surface area contributed by atoms with E-state index < -0.39 is 97.5 Å². The number of aliphatic hydroxyl groups excluding tert-OH is 1. The van der Waals surface area contributed by atoms with Gasteiger partial charge in [-0.1, -0.05) is 323 Å². The first-order chi connectivity index (χ1) is 43.7. The van der Waals surface area contributed by atoms with Gasteiger partial charge >= 0.3 is 39.5 Å². The standard InChI is InChI=1S/C71H138O17P2/c1-5-9-13-17-20-22-24-26-28-30-31-32-33-35-37-39-41-43-46-50-54-58-71(76)88-67(62-82-69(74)56-52-48-45-42-40-38-36-34-29-27-25-23-21-18-14-10-6-2)64-86-90(79,80)84-60-65(72)59-83-89(77,78)85-63-66(61-81-68(73)55-51-47-16-12-8-4)87-70(75)57-53-49-44-19-15-11-7-3/h65-67,72H,5-64H2,1-4H3,(H,77,78)(H,79,80)/t65-,66+,67+/m0/s1. The lowest BCUT2D eigenvalue weighted by Crippen LogP contribution is -2.30. The predicted molar refractivity (Wildman–Crippen MR) is 363 cm³/mol. The molecule has 0 aliphatic heterocycles. The van der Waals surface area contributed by atoms with Crippen LogP contribution in [-0.2, 0) is 65.4 Å². The molecule has 2 unspecified atom stereocenters. The van der Waals surface area contributed by atoms with Crippen molar-refractivity contribution in [1.29, 1.82) is 0 Å². The number of rotatable bonds is 72. The minimum atomic E-state index is -4.95. The lowest BCUT2D eigenvalue weighted by Gasteiger charge is -2.21. The van der Waals surface area contributed by atoms with E-state index in [9.17, 15) is 43.2 Å². The first kappa shape index (κ1) is 88.1. The van der Waals surface area contributed by atoms with Gasteiger partial charge in [0.25, 0.3) is 0 Å². The van der Waals surface area contributed by atoms with Crippen molar-refractivity contribution in [3.05, 3.63) is 0 Å². The van der Waals surface area contributed by atoms with Crippen molar-refractivity contribution >= 4 is 39.5 Å². The second kappa shape index (κ2) is 65.7. The van der Waals surface area contributed by atoms with Gasteiger partial charge in [-0.2, -0.15) is 0 Å². The van der Waals surface area contributed by atoms with Gasteiger partial charge in [0, 0.05) is 25.7 Å². The third kappa shape index (κ3) is 64.8. The van der Waals surface area contributed by atoms with Crippen LogP contribution in [-0.4, -0.2) is 96.7 Å². The molecule has 0 spiro atoms. The molecular weight excluding hydrogens is 1190 g/mol. The molecule has 0 radical (unpaired) electrons. The highest BCUT2D eigenvalue weighted by atomic mass is 31.2. The van der Waals surface area contributed by atoms with Gasteiger partial charge in [0.1, 0.15) is 19.3 Å². The van der Waals surface area contributed by atoms with Gasteiger partial charge in [-0.25, -0.2) is 9.13 Å². The molecule has 19 heteroatoms. The molecule has 0 fully saturated rings. The summed E-state index contributed by atoms with van der Waals surface area (Å²) in [6, 6.07) is 0. The summed E-state index contributed by atoms with van der Waals surface area (Å²) in [5.74, 6) is -2.14. The number of hydrogen-bond donors (Lipinski definition) is 3. The number of phosphoric ester groups is 2. The lowest BCUT2D eigenvalue weighted by molar-refractivity contribution is -0.161. The molecule has 5 atom stereocenters. The van der Waals surface area contributed by atoms with Gasteiger partial charge < -0.3 is 33.8 Å². The predicted octanol–water partition coefficient (Wildman–Crippen LogP) is 20.7. The average molecular weight is 1330 g/mol. The topological polar surface area (TPSA) is 237 Å². The number of phosphoric acid groups is 2. The van der Waals surface area contributed by atoms with Crippen LogP contribution in [0.15, 0.2) is 0 Å². The van der Waals surface area contributed by atoms with Crippen LogP contribution in [0.1, 0.15) is 374 Å². The molecular formula is C71H138O17P2. The summed E-state index contributed by atoms with van der Waals surface area (Å²) >= 11 is 0. The van der Waals surface area contributed by atoms with Crippen LogP contribution < -0.4 is 0 Å². The van der Waals surface area contributed by atoms with Crippen molar-refractivity contribution in [3.8, 4) is 0 Å². The Bertz CT molecular complexity index is 1720. The fourth-order valence-electron chi connectivity index (χ4n) is 10.9. The number of hydrogen-bond acceptors (Lipinski definition) is 15. The van der Waals surface area contributed by atoms with E-state index in [2.05, 4.69) is 27.7 Å². The zero-order chi connectivity index (χ0) is 66.1. The van der Waals surface area contributed by atoms with Gasteiger partial charge in [-0.05, 0) is 25.7 Å². The van der Waals surface area contributed by atoms with Gasteiger partial charge in [-0.15, -0.1) is 0 Å². The summed E-state index contributed by atoms with van der Waals surface area (Å²) in [5.41, 5.74) is 0. The lowest BCUT2D eigenvalue weighted by atomic mass is 10.0. The summed E-state index contributed by atoms with van der Waals surface area (Å²) in [5, 5.41) is 10.5. The van der Waals surface area contributed by atoms with Crippen molar-refractivity contribution in [3.63, 3.8) is 0 Å². The van der Waals surface area contributed by atoms with Crippen LogP contribution >= 0.6 is 15.6 Å². The molecule has 0 aromatic rings. The number of carbonyl (C=O) groups excluding carboxylic acids is 4. The zero-order valence-corrected chi connectivity index (χ0v) is 59.9. The van der Waals surface area contributed by atoms with Gasteiger partial charge in [0.05, 0.1) is 26.4 Å². The maximum Gasteiger partial charge on any atom is 0.472 e. The minimum Gasteiger partial charge on any atom is -0.462 e. The summed E-state index contributed by atoms with van der Waals surface area (Å²) in [6.07, 6.45) is 54.9. The maximum absolute atomic E-state index is 13.0. The van der Waals surface area contributed by atoms with Crippen LogP contribution in [0.25, 0.3) is 0 Å². The van der Waals surface area contributed by atoms with Gasteiger partial charge in [-0.3, -0.25) is 37.3 Å². The van der Waals surface area contributed by atoms with E-state index in [1.165, 1.54) is 186 Å². The molecule has 0 saturated heterocycles. The van der Waals surface area contributed by atoms with E-state index in [-0.39, 0.29) is 25.7 Å². The highest BCUT2D eigenvalue weighted by Crippen LogP contribution is 2.45. The van der Waals surface area contributed by atoms with Crippen molar-refractivity contribution in [2.45, 2.75) is 393 Å². The second-order valence-corrected chi connectivity index (χ2v) is 28.5. The summed E-state index contributed by atoms with van der Waals surface area (Å²) in [4.78, 5) is 72.1. The molecule has 0 aliphatic rings. The monoisotopic (exact) mass is 1320 g/mol. The van der Waals surface area contributed by atoms with E-state index in [1.54, 1.807) is 0 Å². The van der Waals surface area contributed by atoms with Crippen LogP contribution in [0.5, 0.6) is 0 Å². The number of unbranched alkanes of at least 4 members (excludes halogenated alkanes) is 46. The number of esters is 4. The maximum atomic E-state index is 13.0. The molecule has 17 nitrogen and oxygen atoms in total. The Morgan fingerprint density at radius 3 is 0.656 bits per heavy atom. The van der Waals surface area contributed by atoms with Crippen molar-refractivity contribution in [2.75, 3.05) is 39.6 Å². The molecule has 0 heterocycles.